The summed E-state index contributed by atoms with van der Waals surface area (Å²) < 4.78 is 18.7. The molecule has 1 aromatic heterocycles. The smallest absolute Gasteiger partial charge is 0.348 e. The van der Waals surface area contributed by atoms with Gasteiger partial charge in [0.1, 0.15) is 17.4 Å². The van der Waals surface area contributed by atoms with Gasteiger partial charge in [0.2, 0.25) is 5.60 Å². The van der Waals surface area contributed by atoms with Crippen molar-refractivity contribution in [3.63, 3.8) is 0 Å². The Kier molecular flexibility index (Phi) is 4.83. The van der Waals surface area contributed by atoms with Crippen LogP contribution in [0.4, 0.5) is 4.39 Å². The molecular formula is C18H18FN3O4. The van der Waals surface area contributed by atoms with E-state index in [1.807, 2.05) is 0 Å². The van der Waals surface area contributed by atoms with Crippen LogP contribution in [0.1, 0.15) is 29.0 Å². The molecule has 2 aromatic rings. The number of halogens is 1. The summed E-state index contributed by atoms with van der Waals surface area (Å²) in [6.07, 6.45) is 3.16. The van der Waals surface area contributed by atoms with Gasteiger partial charge in [-0.1, -0.05) is 0 Å². The van der Waals surface area contributed by atoms with Gasteiger partial charge in [0.15, 0.2) is 0 Å². The highest BCUT2D eigenvalue weighted by atomic mass is 19.1. The average Bonchev–Trinajstić information content (AvgIpc) is 2.64. The number of ether oxygens (including phenoxy) is 1. The highest BCUT2D eigenvalue weighted by Gasteiger charge is 2.45. The maximum absolute atomic E-state index is 13.0. The first-order valence-electron chi connectivity index (χ1n) is 8.15. The van der Waals surface area contributed by atoms with E-state index < -0.39 is 17.4 Å². The van der Waals surface area contributed by atoms with Gasteiger partial charge in [0, 0.05) is 38.3 Å². The van der Waals surface area contributed by atoms with E-state index in [0.717, 1.165) is 0 Å². The van der Waals surface area contributed by atoms with E-state index in [4.69, 9.17) is 4.74 Å². The van der Waals surface area contributed by atoms with Gasteiger partial charge >= 0.3 is 5.97 Å². The van der Waals surface area contributed by atoms with Crippen LogP contribution in [0.2, 0.25) is 0 Å². The molecule has 136 valence electrons. The first kappa shape index (κ1) is 17.8. The second kappa shape index (κ2) is 7.07. The maximum Gasteiger partial charge on any atom is 0.348 e. The third kappa shape index (κ3) is 3.63. The van der Waals surface area contributed by atoms with Gasteiger partial charge in [-0.15, -0.1) is 0 Å². The summed E-state index contributed by atoms with van der Waals surface area (Å²) in [4.78, 5) is 33.9. The number of amides is 1. The van der Waals surface area contributed by atoms with Gasteiger partial charge < -0.3 is 14.7 Å². The molecule has 0 radical (unpaired) electrons. The molecule has 1 saturated heterocycles. The Hall–Kier alpha value is -3.03. The number of benzene rings is 1. The van der Waals surface area contributed by atoms with E-state index in [0.29, 0.717) is 11.4 Å². The van der Waals surface area contributed by atoms with Crippen molar-refractivity contribution in [2.24, 2.45) is 0 Å². The van der Waals surface area contributed by atoms with Crippen molar-refractivity contribution in [1.82, 2.24) is 14.9 Å². The number of aliphatic carboxylic acids is 1. The molecule has 1 aromatic carbocycles. The van der Waals surface area contributed by atoms with Crippen LogP contribution in [0.25, 0.3) is 0 Å². The topological polar surface area (TPSA) is 92.6 Å². The number of carbonyl (C=O) groups excluding carboxylic acids is 1. The molecule has 0 unspecified atom stereocenters. The van der Waals surface area contributed by atoms with Crippen molar-refractivity contribution in [1.29, 1.82) is 0 Å². The van der Waals surface area contributed by atoms with E-state index >= 15 is 0 Å². The van der Waals surface area contributed by atoms with Crippen LogP contribution in [0.15, 0.2) is 36.7 Å². The van der Waals surface area contributed by atoms with Gasteiger partial charge in [-0.05, 0) is 31.2 Å². The summed E-state index contributed by atoms with van der Waals surface area (Å²) >= 11 is 0. The summed E-state index contributed by atoms with van der Waals surface area (Å²) in [5.74, 6) is -0.931. The third-order valence-corrected chi connectivity index (χ3v) is 4.40. The molecule has 1 aliphatic heterocycles. The molecule has 0 saturated carbocycles. The minimum atomic E-state index is -1.45. The van der Waals surface area contributed by atoms with E-state index in [-0.39, 0.29) is 37.6 Å². The Morgan fingerprint density at radius 3 is 2.27 bits per heavy atom. The number of aryl methyl sites for hydroxylation is 1. The van der Waals surface area contributed by atoms with Gasteiger partial charge in [-0.25, -0.2) is 19.2 Å². The predicted octanol–water partition coefficient (Wildman–Crippen LogP) is 2.06. The number of rotatable bonds is 4. The van der Waals surface area contributed by atoms with E-state index in [9.17, 15) is 19.1 Å². The quantitative estimate of drug-likeness (QED) is 0.898. The zero-order chi connectivity index (χ0) is 18.7. The van der Waals surface area contributed by atoms with Crippen molar-refractivity contribution < 1.29 is 23.8 Å². The Balaban J connectivity index is 1.71. The number of hydrogen-bond acceptors (Lipinski definition) is 5. The van der Waals surface area contributed by atoms with Gasteiger partial charge in [-0.2, -0.15) is 0 Å². The minimum Gasteiger partial charge on any atom is -0.478 e. The maximum atomic E-state index is 13.0. The van der Waals surface area contributed by atoms with Crippen LogP contribution in [0, 0.1) is 12.7 Å². The molecule has 1 amide bonds. The fraction of sp³-hybridized carbons (Fsp3) is 0.333. The molecule has 0 aliphatic carbocycles. The highest BCUT2D eigenvalue weighted by Crippen LogP contribution is 2.30. The molecule has 1 N–H and O–H groups in total. The number of carboxylic acids is 1. The summed E-state index contributed by atoms with van der Waals surface area (Å²) in [6, 6.07) is 5.20. The summed E-state index contributed by atoms with van der Waals surface area (Å²) in [6.45, 7) is 2.17. The second-order valence-corrected chi connectivity index (χ2v) is 6.17. The Morgan fingerprint density at radius 2 is 1.73 bits per heavy atom. The Morgan fingerprint density at radius 1 is 1.15 bits per heavy atom. The largest absolute Gasteiger partial charge is 0.478 e. The van der Waals surface area contributed by atoms with Crippen LogP contribution < -0.4 is 4.74 Å². The third-order valence-electron chi connectivity index (χ3n) is 4.40. The van der Waals surface area contributed by atoms with E-state index in [1.54, 1.807) is 11.8 Å². The number of hydrogen-bond donors (Lipinski definition) is 1. The van der Waals surface area contributed by atoms with Crippen LogP contribution in [0.5, 0.6) is 5.75 Å². The molecule has 0 spiro atoms. The van der Waals surface area contributed by atoms with Gasteiger partial charge in [0.05, 0.1) is 5.56 Å². The lowest BCUT2D eigenvalue weighted by Crippen LogP contribution is -2.54. The molecule has 1 fully saturated rings. The first-order chi connectivity index (χ1) is 12.4. The molecule has 7 nitrogen and oxygen atoms in total. The van der Waals surface area contributed by atoms with Crippen molar-refractivity contribution in [3.8, 4) is 5.75 Å². The van der Waals surface area contributed by atoms with E-state index in [1.165, 1.54) is 36.7 Å². The number of piperidine rings is 1. The molecular weight excluding hydrogens is 341 g/mol. The number of carboxylic acid groups (broad SMARTS) is 1. The molecule has 8 heteroatoms. The van der Waals surface area contributed by atoms with Crippen LogP contribution >= 0.6 is 0 Å². The van der Waals surface area contributed by atoms with Crippen molar-refractivity contribution in [2.75, 3.05) is 13.1 Å². The highest BCUT2D eigenvalue weighted by molar-refractivity contribution is 5.94. The standard InChI is InChI=1S/C18H18FN3O4/c1-12-20-10-13(11-21-12)16(23)22-8-6-18(7-9-22,17(24)25)26-15-4-2-14(19)3-5-15/h2-5,10-11H,6-9H2,1H3,(H,24,25). The lowest BCUT2D eigenvalue weighted by Gasteiger charge is -2.38. The van der Waals surface area contributed by atoms with Crippen molar-refractivity contribution in [2.45, 2.75) is 25.4 Å². The van der Waals surface area contributed by atoms with Gasteiger partial charge in [0.25, 0.3) is 5.91 Å². The van der Waals surface area contributed by atoms with Crippen molar-refractivity contribution >= 4 is 11.9 Å². The number of carbonyl (C=O) groups is 2. The molecule has 1 aliphatic rings. The Bertz CT molecular complexity index is 800. The fourth-order valence-corrected chi connectivity index (χ4v) is 2.84. The monoisotopic (exact) mass is 359 g/mol. The number of likely N-dealkylation sites (tertiary alicyclic amines) is 1. The summed E-state index contributed by atoms with van der Waals surface area (Å²) in [5, 5.41) is 9.65. The van der Waals surface area contributed by atoms with Crippen LogP contribution in [-0.4, -0.2) is 50.5 Å². The Labute approximate surface area is 149 Å². The van der Waals surface area contributed by atoms with Crippen molar-refractivity contribution in [3.05, 3.63) is 53.9 Å². The van der Waals surface area contributed by atoms with Gasteiger partial charge in [-0.3, -0.25) is 4.79 Å². The molecule has 26 heavy (non-hydrogen) atoms. The predicted molar refractivity (Wildman–Crippen MR) is 89.3 cm³/mol. The lowest BCUT2D eigenvalue weighted by molar-refractivity contribution is -0.159. The molecule has 0 atom stereocenters. The van der Waals surface area contributed by atoms with Crippen LogP contribution in [-0.2, 0) is 4.79 Å². The SMILES string of the molecule is Cc1ncc(C(=O)N2CCC(Oc3ccc(F)cc3)(C(=O)O)CC2)cn1. The molecule has 0 bridgehead atoms. The zero-order valence-corrected chi connectivity index (χ0v) is 14.2. The second-order valence-electron chi connectivity index (χ2n) is 6.17. The number of aromatic nitrogens is 2. The zero-order valence-electron chi connectivity index (χ0n) is 14.2. The molecule has 3 rings (SSSR count). The average molecular weight is 359 g/mol. The first-order valence-corrected chi connectivity index (χ1v) is 8.15. The van der Waals surface area contributed by atoms with E-state index in [2.05, 4.69) is 9.97 Å². The van der Waals surface area contributed by atoms with Crippen LogP contribution in [0.3, 0.4) is 0 Å². The fourth-order valence-electron chi connectivity index (χ4n) is 2.84. The normalized spacial score (nSPS) is 16.2. The number of nitrogens with zero attached hydrogens (tertiary/aromatic N) is 3. The summed E-state index contributed by atoms with van der Waals surface area (Å²) in [5.41, 5.74) is -1.09. The lowest BCUT2D eigenvalue weighted by atomic mass is 9.90. The molecule has 2 heterocycles. The minimum absolute atomic E-state index is 0.123. The summed E-state index contributed by atoms with van der Waals surface area (Å²) in [7, 11) is 0.